The summed E-state index contributed by atoms with van der Waals surface area (Å²) in [4.78, 5) is 0. The first-order valence-corrected chi connectivity index (χ1v) is 5.65. The van der Waals surface area contributed by atoms with Crippen LogP contribution in [0.3, 0.4) is 0 Å². The maximum atomic E-state index is 5.28. The lowest BCUT2D eigenvalue weighted by Gasteiger charge is -2.25. The van der Waals surface area contributed by atoms with Gasteiger partial charge in [0, 0.05) is 12.6 Å². The van der Waals surface area contributed by atoms with Crippen LogP contribution in [0.5, 0.6) is 0 Å². The van der Waals surface area contributed by atoms with E-state index in [0.717, 1.165) is 32.2 Å². The molecule has 80 valence electrons. The summed E-state index contributed by atoms with van der Waals surface area (Å²) in [5.41, 5.74) is 1.52. The molecular formula is C11H20N2O. The van der Waals surface area contributed by atoms with Gasteiger partial charge >= 0.3 is 0 Å². The Balaban J connectivity index is 1.67. The highest BCUT2D eigenvalue weighted by Gasteiger charge is 2.12. The van der Waals surface area contributed by atoms with Crippen molar-refractivity contribution in [1.29, 1.82) is 0 Å². The minimum absolute atomic E-state index is 0.722. The molecule has 1 saturated heterocycles. The van der Waals surface area contributed by atoms with Gasteiger partial charge in [0.05, 0.1) is 13.2 Å². The summed E-state index contributed by atoms with van der Waals surface area (Å²) in [6.07, 6.45) is 5.86. The van der Waals surface area contributed by atoms with E-state index in [1.54, 1.807) is 0 Å². The van der Waals surface area contributed by atoms with Crippen molar-refractivity contribution in [3.8, 4) is 0 Å². The highest BCUT2D eigenvalue weighted by molar-refractivity contribution is 5.06. The van der Waals surface area contributed by atoms with Crippen molar-refractivity contribution in [3.63, 3.8) is 0 Å². The zero-order valence-electron chi connectivity index (χ0n) is 8.72. The molecular weight excluding hydrogens is 176 g/mol. The molecule has 0 spiro atoms. The third-order valence-corrected chi connectivity index (χ3v) is 3.01. The van der Waals surface area contributed by atoms with Gasteiger partial charge in [-0.1, -0.05) is 11.6 Å². The topological polar surface area (TPSA) is 33.3 Å². The van der Waals surface area contributed by atoms with Gasteiger partial charge in [-0.15, -0.1) is 0 Å². The summed E-state index contributed by atoms with van der Waals surface area (Å²) < 4.78 is 5.28. The van der Waals surface area contributed by atoms with E-state index < -0.39 is 0 Å². The molecule has 2 aliphatic heterocycles. The Kier molecular flexibility index (Phi) is 3.98. The lowest BCUT2D eigenvalue weighted by molar-refractivity contribution is 0.153. The minimum atomic E-state index is 0.722. The van der Waals surface area contributed by atoms with Gasteiger partial charge in [0.25, 0.3) is 0 Å². The molecule has 3 heteroatoms. The number of rotatable bonds is 3. The monoisotopic (exact) mass is 196 g/mol. The van der Waals surface area contributed by atoms with Gasteiger partial charge in [0.2, 0.25) is 0 Å². The van der Waals surface area contributed by atoms with Gasteiger partial charge in [0.15, 0.2) is 0 Å². The Labute approximate surface area is 85.9 Å². The second-order valence-corrected chi connectivity index (χ2v) is 4.09. The molecule has 2 N–H and O–H groups in total. The van der Waals surface area contributed by atoms with Crippen molar-refractivity contribution in [2.45, 2.75) is 25.3 Å². The first-order valence-electron chi connectivity index (χ1n) is 5.65. The van der Waals surface area contributed by atoms with E-state index in [9.17, 15) is 0 Å². The number of hydrogen-bond donors (Lipinski definition) is 2. The molecule has 0 atom stereocenters. The fraction of sp³-hybridized carbons (Fsp3) is 0.818. The fourth-order valence-electron chi connectivity index (χ4n) is 2.03. The SMILES string of the molecule is C1=C(CNC2CCNCC2)CCOC1. The number of piperidine rings is 1. The number of hydrogen-bond acceptors (Lipinski definition) is 3. The minimum Gasteiger partial charge on any atom is -0.377 e. The second-order valence-electron chi connectivity index (χ2n) is 4.09. The lowest BCUT2D eigenvalue weighted by Crippen LogP contribution is -2.40. The average molecular weight is 196 g/mol. The fourth-order valence-corrected chi connectivity index (χ4v) is 2.03. The van der Waals surface area contributed by atoms with Gasteiger partial charge in [0.1, 0.15) is 0 Å². The van der Waals surface area contributed by atoms with Crippen molar-refractivity contribution in [3.05, 3.63) is 11.6 Å². The molecule has 2 heterocycles. The van der Waals surface area contributed by atoms with Crippen LogP contribution in [0.2, 0.25) is 0 Å². The molecule has 0 unspecified atom stereocenters. The summed E-state index contributed by atoms with van der Waals surface area (Å²) in [5, 5.41) is 7.01. The van der Waals surface area contributed by atoms with E-state index in [0.29, 0.717) is 0 Å². The third-order valence-electron chi connectivity index (χ3n) is 3.01. The van der Waals surface area contributed by atoms with Crippen LogP contribution in [0.15, 0.2) is 11.6 Å². The van der Waals surface area contributed by atoms with Gasteiger partial charge in [-0.3, -0.25) is 0 Å². The van der Waals surface area contributed by atoms with Crippen molar-refractivity contribution in [2.24, 2.45) is 0 Å². The van der Waals surface area contributed by atoms with E-state index in [4.69, 9.17) is 4.74 Å². The molecule has 2 rings (SSSR count). The zero-order chi connectivity index (χ0) is 9.64. The molecule has 0 aromatic rings. The molecule has 1 fully saturated rings. The van der Waals surface area contributed by atoms with Crippen molar-refractivity contribution in [1.82, 2.24) is 10.6 Å². The van der Waals surface area contributed by atoms with Crippen LogP contribution in [0.25, 0.3) is 0 Å². The summed E-state index contributed by atoms with van der Waals surface area (Å²) in [5.74, 6) is 0. The molecule has 0 saturated carbocycles. The quantitative estimate of drug-likeness (QED) is 0.651. The second kappa shape index (κ2) is 5.49. The van der Waals surface area contributed by atoms with Crippen LogP contribution < -0.4 is 10.6 Å². The summed E-state index contributed by atoms with van der Waals surface area (Å²) in [6, 6.07) is 0.722. The molecule has 0 aromatic carbocycles. The van der Waals surface area contributed by atoms with Crippen LogP contribution in [0, 0.1) is 0 Å². The van der Waals surface area contributed by atoms with Gasteiger partial charge < -0.3 is 15.4 Å². The predicted octanol–water partition coefficient (Wildman–Crippen LogP) is 0.675. The van der Waals surface area contributed by atoms with Gasteiger partial charge in [-0.25, -0.2) is 0 Å². The summed E-state index contributed by atoms with van der Waals surface area (Å²) in [7, 11) is 0. The van der Waals surface area contributed by atoms with Crippen molar-refractivity contribution in [2.75, 3.05) is 32.8 Å². The van der Waals surface area contributed by atoms with Crippen LogP contribution in [0.1, 0.15) is 19.3 Å². The first-order chi connectivity index (χ1) is 6.95. The van der Waals surface area contributed by atoms with Crippen LogP contribution in [-0.4, -0.2) is 38.9 Å². The molecule has 0 amide bonds. The Hall–Kier alpha value is -0.380. The third kappa shape index (κ3) is 3.08. The lowest BCUT2D eigenvalue weighted by atomic mass is 10.1. The molecule has 0 bridgehead atoms. The number of ether oxygens (including phenoxy) is 1. The van der Waals surface area contributed by atoms with Gasteiger partial charge in [-0.2, -0.15) is 0 Å². The Bertz CT molecular complexity index is 197. The largest absolute Gasteiger partial charge is 0.377 e. The molecule has 0 radical (unpaired) electrons. The van der Waals surface area contributed by atoms with Crippen molar-refractivity contribution < 1.29 is 4.74 Å². The van der Waals surface area contributed by atoms with E-state index in [2.05, 4.69) is 16.7 Å². The molecule has 0 aliphatic carbocycles. The van der Waals surface area contributed by atoms with E-state index in [-0.39, 0.29) is 0 Å². The van der Waals surface area contributed by atoms with Crippen LogP contribution >= 0.6 is 0 Å². The molecule has 3 nitrogen and oxygen atoms in total. The molecule has 0 aromatic heterocycles. The number of nitrogens with one attached hydrogen (secondary N) is 2. The van der Waals surface area contributed by atoms with Crippen LogP contribution in [0.4, 0.5) is 0 Å². The highest BCUT2D eigenvalue weighted by atomic mass is 16.5. The predicted molar refractivity (Wildman–Crippen MR) is 57.4 cm³/mol. The van der Waals surface area contributed by atoms with Crippen LogP contribution in [-0.2, 0) is 4.74 Å². The Morgan fingerprint density at radius 3 is 3.00 bits per heavy atom. The first kappa shape index (κ1) is 10.1. The zero-order valence-corrected chi connectivity index (χ0v) is 8.72. The van der Waals surface area contributed by atoms with Crippen molar-refractivity contribution >= 4 is 0 Å². The molecule has 2 aliphatic rings. The maximum Gasteiger partial charge on any atom is 0.0650 e. The molecule has 14 heavy (non-hydrogen) atoms. The normalized spacial score (nSPS) is 24.7. The highest BCUT2D eigenvalue weighted by Crippen LogP contribution is 2.08. The van der Waals surface area contributed by atoms with E-state index in [1.165, 1.54) is 31.5 Å². The Morgan fingerprint density at radius 2 is 2.29 bits per heavy atom. The average Bonchev–Trinajstić information content (AvgIpc) is 2.29. The van der Waals surface area contributed by atoms with Gasteiger partial charge in [-0.05, 0) is 32.4 Å². The standard InChI is InChI=1S/C11H20N2O/c1-5-12-6-2-11(1)13-9-10-3-7-14-8-4-10/h3,11-13H,1-2,4-9H2. The smallest absolute Gasteiger partial charge is 0.0650 e. The summed E-state index contributed by atoms with van der Waals surface area (Å²) in [6.45, 7) is 5.11. The summed E-state index contributed by atoms with van der Waals surface area (Å²) >= 11 is 0. The Morgan fingerprint density at radius 1 is 1.43 bits per heavy atom. The maximum absolute atomic E-state index is 5.28. The van der Waals surface area contributed by atoms with E-state index >= 15 is 0 Å². The van der Waals surface area contributed by atoms with E-state index in [1.807, 2.05) is 0 Å².